The summed E-state index contributed by atoms with van der Waals surface area (Å²) in [6.07, 6.45) is 5.23. The smallest absolute Gasteiger partial charge is 0.237 e. The first-order chi connectivity index (χ1) is 8.31. The second-order valence-corrected chi connectivity index (χ2v) is 4.21. The minimum absolute atomic E-state index is 0.385. The molecule has 2 aromatic rings. The number of rotatable bonds is 4. The van der Waals surface area contributed by atoms with E-state index in [1.54, 1.807) is 24.2 Å². The van der Waals surface area contributed by atoms with Crippen LogP contribution in [0.2, 0.25) is 0 Å². The van der Waals surface area contributed by atoms with Crippen LogP contribution < -0.4 is 10.5 Å². The summed E-state index contributed by atoms with van der Waals surface area (Å²) in [7, 11) is 0. The van der Waals surface area contributed by atoms with Crippen LogP contribution in [0.25, 0.3) is 0 Å². The lowest BCUT2D eigenvalue weighted by atomic mass is 10.3. The van der Waals surface area contributed by atoms with Gasteiger partial charge in [0, 0.05) is 11.4 Å². The maximum atomic E-state index is 5.55. The molecule has 0 amide bonds. The first kappa shape index (κ1) is 11.9. The van der Waals surface area contributed by atoms with Crippen molar-refractivity contribution in [2.75, 3.05) is 6.26 Å². The van der Waals surface area contributed by atoms with Gasteiger partial charge in [-0.2, -0.15) is 0 Å². The number of benzene rings is 1. The molecule has 4 nitrogen and oxygen atoms in total. The third-order valence-electron chi connectivity index (χ3n) is 2.17. The Morgan fingerprint density at radius 2 is 1.94 bits per heavy atom. The van der Waals surface area contributed by atoms with Crippen molar-refractivity contribution in [3.8, 4) is 11.6 Å². The molecule has 0 bridgehead atoms. The van der Waals surface area contributed by atoms with Gasteiger partial charge < -0.3 is 10.5 Å². The summed E-state index contributed by atoms with van der Waals surface area (Å²) in [6.45, 7) is 0.385. The molecule has 2 rings (SSSR count). The largest absolute Gasteiger partial charge is 0.438 e. The highest BCUT2D eigenvalue weighted by molar-refractivity contribution is 7.98. The summed E-state index contributed by atoms with van der Waals surface area (Å²) < 4.78 is 5.55. The number of ether oxygens (including phenoxy) is 1. The maximum absolute atomic E-state index is 5.55. The van der Waals surface area contributed by atoms with E-state index in [1.807, 2.05) is 30.5 Å². The number of nitrogens with zero attached hydrogens (tertiary/aromatic N) is 2. The van der Waals surface area contributed by atoms with E-state index in [2.05, 4.69) is 9.97 Å². The molecule has 1 aromatic heterocycles. The van der Waals surface area contributed by atoms with Crippen molar-refractivity contribution in [2.24, 2.45) is 5.73 Å². The average Bonchev–Trinajstić information content (AvgIpc) is 2.40. The lowest BCUT2D eigenvalue weighted by Gasteiger charge is -2.05. The third kappa shape index (κ3) is 3.18. The van der Waals surface area contributed by atoms with Gasteiger partial charge in [-0.1, -0.05) is 0 Å². The summed E-state index contributed by atoms with van der Waals surface area (Å²) in [5, 5.41) is 0. The molecule has 0 unspecified atom stereocenters. The molecule has 5 heteroatoms. The van der Waals surface area contributed by atoms with Gasteiger partial charge in [0.05, 0.1) is 18.1 Å². The zero-order chi connectivity index (χ0) is 12.1. The van der Waals surface area contributed by atoms with Gasteiger partial charge in [0.1, 0.15) is 5.75 Å². The summed E-state index contributed by atoms with van der Waals surface area (Å²) >= 11 is 1.69. The highest BCUT2D eigenvalue weighted by Crippen LogP contribution is 2.22. The Hall–Kier alpha value is -1.59. The Balaban J connectivity index is 2.08. The maximum Gasteiger partial charge on any atom is 0.237 e. The molecule has 1 heterocycles. The molecule has 0 spiro atoms. The van der Waals surface area contributed by atoms with Gasteiger partial charge in [-0.05, 0) is 30.5 Å². The minimum atomic E-state index is 0.385. The van der Waals surface area contributed by atoms with Gasteiger partial charge in [-0.15, -0.1) is 11.8 Å². The van der Waals surface area contributed by atoms with Gasteiger partial charge in [0.15, 0.2) is 0 Å². The van der Waals surface area contributed by atoms with Gasteiger partial charge in [0.2, 0.25) is 5.88 Å². The van der Waals surface area contributed by atoms with E-state index in [0.29, 0.717) is 12.4 Å². The van der Waals surface area contributed by atoms with Crippen LogP contribution in [0.15, 0.2) is 41.6 Å². The van der Waals surface area contributed by atoms with Crippen molar-refractivity contribution >= 4 is 11.8 Å². The summed E-state index contributed by atoms with van der Waals surface area (Å²) in [6, 6.07) is 7.82. The fraction of sp³-hybridized carbons (Fsp3) is 0.167. The van der Waals surface area contributed by atoms with Crippen LogP contribution in [0.5, 0.6) is 11.6 Å². The Labute approximate surface area is 104 Å². The molecule has 17 heavy (non-hydrogen) atoms. The Morgan fingerprint density at radius 3 is 2.47 bits per heavy atom. The zero-order valence-corrected chi connectivity index (χ0v) is 10.3. The van der Waals surface area contributed by atoms with E-state index >= 15 is 0 Å². The molecule has 2 N–H and O–H groups in total. The van der Waals surface area contributed by atoms with Crippen LogP contribution in [0.4, 0.5) is 0 Å². The van der Waals surface area contributed by atoms with Crippen molar-refractivity contribution in [1.82, 2.24) is 9.97 Å². The van der Waals surface area contributed by atoms with Crippen molar-refractivity contribution in [3.05, 3.63) is 42.4 Å². The van der Waals surface area contributed by atoms with Gasteiger partial charge in [-0.25, -0.2) is 4.98 Å². The van der Waals surface area contributed by atoms with Crippen molar-refractivity contribution in [3.63, 3.8) is 0 Å². The molecule has 0 aliphatic rings. The van der Waals surface area contributed by atoms with E-state index in [1.165, 1.54) is 4.90 Å². The van der Waals surface area contributed by atoms with Crippen molar-refractivity contribution < 1.29 is 4.74 Å². The first-order valence-electron chi connectivity index (χ1n) is 5.14. The second-order valence-electron chi connectivity index (χ2n) is 3.33. The second kappa shape index (κ2) is 5.65. The molecule has 0 saturated carbocycles. The molecule has 88 valence electrons. The van der Waals surface area contributed by atoms with E-state index < -0.39 is 0 Å². The number of thioether (sulfide) groups is 1. The van der Waals surface area contributed by atoms with Crippen LogP contribution in [-0.4, -0.2) is 16.2 Å². The standard InChI is InChI=1S/C12H13N3OS/c1-17-11-4-2-10(3-5-11)16-12-8-14-9(6-13)7-15-12/h2-5,7-8H,6,13H2,1H3. The quantitative estimate of drug-likeness (QED) is 0.841. The Morgan fingerprint density at radius 1 is 1.18 bits per heavy atom. The molecular formula is C12H13N3OS. The fourth-order valence-corrected chi connectivity index (χ4v) is 1.67. The lowest BCUT2D eigenvalue weighted by molar-refractivity contribution is 0.459. The molecule has 0 fully saturated rings. The Kier molecular flexibility index (Phi) is 3.95. The van der Waals surface area contributed by atoms with E-state index in [9.17, 15) is 0 Å². The number of hydrogen-bond donors (Lipinski definition) is 1. The average molecular weight is 247 g/mol. The predicted octanol–water partition coefficient (Wildman–Crippen LogP) is 2.45. The van der Waals surface area contributed by atoms with Crippen molar-refractivity contribution in [1.29, 1.82) is 0 Å². The molecule has 0 saturated heterocycles. The SMILES string of the molecule is CSc1ccc(Oc2cnc(CN)cn2)cc1. The zero-order valence-electron chi connectivity index (χ0n) is 9.46. The van der Waals surface area contributed by atoms with Crippen LogP contribution in [0, 0.1) is 0 Å². The summed E-state index contributed by atoms with van der Waals surface area (Å²) in [4.78, 5) is 9.42. The third-order valence-corrected chi connectivity index (χ3v) is 2.92. The fourth-order valence-electron chi connectivity index (χ4n) is 1.27. The molecule has 0 radical (unpaired) electrons. The predicted molar refractivity (Wildman–Crippen MR) is 68.2 cm³/mol. The van der Waals surface area contributed by atoms with Gasteiger partial charge >= 0.3 is 0 Å². The van der Waals surface area contributed by atoms with Gasteiger partial charge in [0.25, 0.3) is 0 Å². The van der Waals surface area contributed by atoms with Crippen LogP contribution in [0.1, 0.15) is 5.69 Å². The minimum Gasteiger partial charge on any atom is -0.438 e. The number of hydrogen-bond acceptors (Lipinski definition) is 5. The highest BCUT2D eigenvalue weighted by atomic mass is 32.2. The first-order valence-corrected chi connectivity index (χ1v) is 6.37. The molecule has 0 aliphatic heterocycles. The lowest BCUT2D eigenvalue weighted by Crippen LogP contribution is -2.00. The number of aromatic nitrogens is 2. The van der Waals surface area contributed by atoms with E-state index in [4.69, 9.17) is 10.5 Å². The normalized spacial score (nSPS) is 10.2. The van der Waals surface area contributed by atoms with E-state index in [-0.39, 0.29) is 0 Å². The molecule has 0 atom stereocenters. The highest BCUT2D eigenvalue weighted by Gasteiger charge is 2.00. The molecule has 0 aliphatic carbocycles. The molecular weight excluding hydrogens is 234 g/mol. The topological polar surface area (TPSA) is 61.0 Å². The number of nitrogens with two attached hydrogens (primary N) is 1. The van der Waals surface area contributed by atoms with Crippen molar-refractivity contribution in [2.45, 2.75) is 11.4 Å². The van der Waals surface area contributed by atoms with E-state index in [0.717, 1.165) is 11.4 Å². The molecule has 1 aromatic carbocycles. The van der Waals surface area contributed by atoms with Crippen LogP contribution in [-0.2, 0) is 6.54 Å². The monoisotopic (exact) mass is 247 g/mol. The Bertz CT molecular complexity index is 425. The van der Waals surface area contributed by atoms with Crippen LogP contribution in [0.3, 0.4) is 0 Å². The van der Waals surface area contributed by atoms with Crippen LogP contribution >= 0.6 is 11.8 Å². The summed E-state index contributed by atoms with van der Waals surface area (Å²) in [5.74, 6) is 1.22. The summed E-state index contributed by atoms with van der Waals surface area (Å²) in [5.41, 5.74) is 6.18. The van der Waals surface area contributed by atoms with Gasteiger partial charge in [-0.3, -0.25) is 4.98 Å².